The Labute approximate surface area is 112 Å². The zero-order valence-electron chi connectivity index (χ0n) is 11.1. The maximum absolute atomic E-state index is 7.46. The largest absolute Gasteiger partial charge is 0.488 e. The summed E-state index contributed by atoms with van der Waals surface area (Å²) in [6.45, 7) is 4.39. The van der Waals surface area contributed by atoms with Gasteiger partial charge in [-0.3, -0.25) is 10.4 Å². The fourth-order valence-corrected chi connectivity index (χ4v) is 1.97. The Morgan fingerprint density at radius 2 is 2.00 bits per heavy atom. The Hall–Kier alpha value is -2.36. The second kappa shape index (κ2) is 5.52. The van der Waals surface area contributed by atoms with Crippen molar-refractivity contribution >= 4 is 5.84 Å². The van der Waals surface area contributed by atoms with Crippen molar-refractivity contribution in [1.29, 1.82) is 5.41 Å². The molecular weight excluding hydrogens is 238 g/mol. The molecule has 0 bridgehead atoms. The zero-order valence-corrected chi connectivity index (χ0v) is 11.1. The first-order valence-corrected chi connectivity index (χ1v) is 6.05. The minimum absolute atomic E-state index is 0.0741. The summed E-state index contributed by atoms with van der Waals surface area (Å²) in [6.07, 6.45) is 3.52. The molecule has 2 aromatic rings. The van der Waals surface area contributed by atoms with Gasteiger partial charge in [-0.1, -0.05) is 6.07 Å². The SMILES string of the molecule is Cc1cc(C(=N)N)cc(C)c1OCc1cccnc1. The zero-order chi connectivity index (χ0) is 13.8. The fraction of sp³-hybridized carbons (Fsp3) is 0.200. The molecule has 4 heteroatoms. The van der Waals surface area contributed by atoms with Crippen LogP contribution in [0.5, 0.6) is 5.75 Å². The minimum Gasteiger partial charge on any atom is -0.488 e. The van der Waals surface area contributed by atoms with Crippen LogP contribution in [-0.4, -0.2) is 10.8 Å². The Balaban J connectivity index is 2.19. The molecule has 3 N–H and O–H groups in total. The maximum atomic E-state index is 7.46. The van der Waals surface area contributed by atoms with Gasteiger partial charge in [0.1, 0.15) is 18.2 Å². The van der Waals surface area contributed by atoms with Crippen molar-refractivity contribution in [2.24, 2.45) is 5.73 Å². The molecule has 0 amide bonds. The number of pyridine rings is 1. The predicted octanol–water partition coefficient (Wildman–Crippen LogP) is 2.56. The molecule has 2 rings (SSSR count). The van der Waals surface area contributed by atoms with Gasteiger partial charge in [-0.15, -0.1) is 0 Å². The first-order valence-electron chi connectivity index (χ1n) is 6.05. The number of hydrogen-bond acceptors (Lipinski definition) is 3. The lowest BCUT2D eigenvalue weighted by atomic mass is 10.1. The molecule has 1 aromatic carbocycles. The van der Waals surface area contributed by atoms with Crippen LogP contribution in [-0.2, 0) is 6.61 Å². The third-order valence-corrected chi connectivity index (χ3v) is 2.88. The van der Waals surface area contributed by atoms with Gasteiger partial charge in [0.05, 0.1) is 0 Å². The molecule has 0 aliphatic heterocycles. The number of ether oxygens (including phenoxy) is 1. The molecule has 0 radical (unpaired) electrons. The van der Waals surface area contributed by atoms with E-state index in [0.29, 0.717) is 6.61 Å². The van der Waals surface area contributed by atoms with E-state index in [1.807, 2.05) is 38.1 Å². The van der Waals surface area contributed by atoms with Crippen LogP contribution in [0.25, 0.3) is 0 Å². The first-order chi connectivity index (χ1) is 9.08. The molecule has 19 heavy (non-hydrogen) atoms. The topological polar surface area (TPSA) is 72.0 Å². The molecule has 98 valence electrons. The number of nitrogen functional groups attached to an aromatic ring is 1. The molecule has 0 spiro atoms. The lowest BCUT2D eigenvalue weighted by molar-refractivity contribution is 0.301. The highest BCUT2D eigenvalue weighted by Crippen LogP contribution is 2.25. The molecule has 1 heterocycles. The Morgan fingerprint density at radius 3 is 2.53 bits per heavy atom. The second-order valence-electron chi connectivity index (χ2n) is 4.50. The number of aromatic nitrogens is 1. The maximum Gasteiger partial charge on any atom is 0.125 e. The molecule has 0 saturated carbocycles. The molecular formula is C15H17N3O. The normalized spacial score (nSPS) is 10.2. The van der Waals surface area contributed by atoms with Gasteiger partial charge < -0.3 is 10.5 Å². The van der Waals surface area contributed by atoms with Crippen molar-refractivity contribution in [3.05, 3.63) is 58.9 Å². The molecule has 0 atom stereocenters. The number of amidine groups is 1. The van der Waals surface area contributed by atoms with Crippen molar-refractivity contribution in [3.63, 3.8) is 0 Å². The Morgan fingerprint density at radius 1 is 1.32 bits per heavy atom. The lowest BCUT2D eigenvalue weighted by Gasteiger charge is -2.13. The minimum atomic E-state index is 0.0741. The number of rotatable bonds is 4. The van der Waals surface area contributed by atoms with E-state index in [0.717, 1.165) is 28.0 Å². The van der Waals surface area contributed by atoms with E-state index in [9.17, 15) is 0 Å². The number of nitrogens with one attached hydrogen (secondary N) is 1. The fourth-order valence-electron chi connectivity index (χ4n) is 1.97. The monoisotopic (exact) mass is 255 g/mol. The Kier molecular flexibility index (Phi) is 3.80. The van der Waals surface area contributed by atoms with Crippen LogP contribution in [0.15, 0.2) is 36.7 Å². The summed E-state index contributed by atoms with van der Waals surface area (Å²) in [6, 6.07) is 7.60. The number of aryl methyl sites for hydroxylation is 2. The average Bonchev–Trinajstić information content (AvgIpc) is 2.38. The lowest BCUT2D eigenvalue weighted by Crippen LogP contribution is -2.12. The average molecular weight is 255 g/mol. The van der Waals surface area contributed by atoms with Crippen LogP contribution in [0.2, 0.25) is 0 Å². The van der Waals surface area contributed by atoms with Crippen LogP contribution in [0.1, 0.15) is 22.3 Å². The van der Waals surface area contributed by atoms with Gasteiger partial charge >= 0.3 is 0 Å². The molecule has 1 aromatic heterocycles. The second-order valence-corrected chi connectivity index (χ2v) is 4.50. The quantitative estimate of drug-likeness (QED) is 0.651. The summed E-state index contributed by atoms with van der Waals surface area (Å²) in [7, 11) is 0. The van der Waals surface area contributed by atoms with Gasteiger partial charge in [-0.25, -0.2) is 0 Å². The van der Waals surface area contributed by atoms with Gasteiger partial charge in [0.2, 0.25) is 0 Å². The van der Waals surface area contributed by atoms with Gasteiger partial charge in [0.15, 0.2) is 0 Å². The first kappa shape index (κ1) is 13.1. The van der Waals surface area contributed by atoms with E-state index in [4.69, 9.17) is 15.9 Å². The van der Waals surface area contributed by atoms with Crippen molar-refractivity contribution in [3.8, 4) is 5.75 Å². The van der Waals surface area contributed by atoms with Crippen molar-refractivity contribution < 1.29 is 4.74 Å². The molecule has 0 aliphatic carbocycles. The van der Waals surface area contributed by atoms with E-state index < -0.39 is 0 Å². The number of nitrogens with two attached hydrogens (primary N) is 1. The third kappa shape index (κ3) is 3.10. The number of benzene rings is 1. The van der Waals surface area contributed by atoms with Crippen LogP contribution in [0.3, 0.4) is 0 Å². The van der Waals surface area contributed by atoms with E-state index in [1.165, 1.54) is 0 Å². The molecule has 0 unspecified atom stereocenters. The highest BCUT2D eigenvalue weighted by atomic mass is 16.5. The summed E-state index contributed by atoms with van der Waals surface area (Å²) >= 11 is 0. The van der Waals surface area contributed by atoms with Crippen molar-refractivity contribution in [1.82, 2.24) is 4.98 Å². The number of nitrogens with zero attached hydrogens (tertiary/aromatic N) is 1. The van der Waals surface area contributed by atoms with Gasteiger partial charge in [-0.2, -0.15) is 0 Å². The van der Waals surface area contributed by atoms with Crippen LogP contribution in [0.4, 0.5) is 0 Å². The van der Waals surface area contributed by atoms with E-state index >= 15 is 0 Å². The highest BCUT2D eigenvalue weighted by molar-refractivity contribution is 5.95. The van der Waals surface area contributed by atoms with E-state index in [2.05, 4.69) is 4.98 Å². The summed E-state index contributed by atoms with van der Waals surface area (Å²) in [4.78, 5) is 4.05. The highest BCUT2D eigenvalue weighted by Gasteiger charge is 2.08. The van der Waals surface area contributed by atoms with Gasteiger partial charge in [-0.05, 0) is 43.2 Å². The Bertz CT molecular complexity index is 571. The van der Waals surface area contributed by atoms with E-state index in [-0.39, 0.29) is 5.84 Å². The van der Waals surface area contributed by atoms with Crippen molar-refractivity contribution in [2.75, 3.05) is 0 Å². The standard InChI is InChI=1S/C15H17N3O/c1-10-6-13(15(16)17)7-11(2)14(10)19-9-12-4-3-5-18-8-12/h3-8H,9H2,1-2H3,(H3,16,17). The summed E-state index contributed by atoms with van der Waals surface area (Å²) in [5.74, 6) is 0.916. The molecule has 0 saturated heterocycles. The summed E-state index contributed by atoms with van der Waals surface area (Å²) in [5, 5.41) is 7.46. The predicted molar refractivity (Wildman–Crippen MR) is 75.5 cm³/mol. The van der Waals surface area contributed by atoms with Gasteiger partial charge in [0, 0.05) is 23.5 Å². The van der Waals surface area contributed by atoms with Crippen molar-refractivity contribution in [2.45, 2.75) is 20.5 Å². The number of hydrogen-bond donors (Lipinski definition) is 2. The van der Waals surface area contributed by atoms with Crippen LogP contribution >= 0.6 is 0 Å². The molecule has 0 fully saturated rings. The van der Waals surface area contributed by atoms with Crippen LogP contribution < -0.4 is 10.5 Å². The molecule has 0 aliphatic rings. The van der Waals surface area contributed by atoms with Gasteiger partial charge in [0.25, 0.3) is 0 Å². The summed E-state index contributed by atoms with van der Waals surface area (Å²) in [5.41, 5.74) is 9.21. The summed E-state index contributed by atoms with van der Waals surface area (Å²) < 4.78 is 5.84. The van der Waals surface area contributed by atoms with E-state index in [1.54, 1.807) is 12.4 Å². The third-order valence-electron chi connectivity index (χ3n) is 2.88. The van der Waals surface area contributed by atoms with Crippen LogP contribution in [0, 0.1) is 19.3 Å². The molecule has 4 nitrogen and oxygen atoms in total. The smallest absolute Gasteiger partial charge is 0.125 e.